The number of halogens is 1. The Balaban J connectivity index is 1.67. The number of likely N-dealkylation sites (N-methyl/N-ethyl adjacent to an activating group) is 1. The first kappa shape index (κ1) is 29.4. The Labute approximate surface area is 250 Å². The lowest BCUT2D eigenvalue weighted by Crippen LogP contribution is -2.50. The minimum Gasteiger partial charge on any atom is -0.467 e. The highest BCUT2D eigenvalue weighted by Gasteiger charge is 2.33. The molecule has 5 rings (SSSR count). The smallest absolute Gasteiger partial charge is 0.339 e. The largest absolute Gasteiger partial charge is 0.467 e. The topological polar surface area (TPSA) is 80.7 Å². The number of piperazine rings is 1. The zero-order valence-electron chi connectivity index (χ0n) is 24.6. The van der Waals surface area contributed by atoms with Crippen LogP contribution >= 0.6 is 22.9 Å². The summed E-state index contributed by atoms with van der Waals surface area (Å²) in [5.41, 5.74) is 4.43. The average Bonchev–Trinajstić information content (AvgIpc) is 3.36. The van der Waals surface area contributed by atoms with E-state index in [1.165, 1.54) is 7.11 Å². The number of carbonyl (C=O) groups excluding carboxylic acids is 1. The molecule has 2 aromatic carbocycles. The Morgan fingerprint density at radius 2 is 1.88 bits per heavy atom. The molecule has 1 aliphatic rings. The van der Waals surface area contributed by atoms with E-state index in [4.69, 9.17) is 31.0 Å². The molecule has 1 fully saturated rings. The molecule has 1 aliphatic heterocycles. The Morgan fingerprint density at radius 1 is 1.15 bits per heavy atom. The van der Waals surface area contributed by atoms with Crippen molar-refractivity contribution >= 4 is 45.1 Å². The number of benzene rings is 2. The monoisotopic (exact) mass is 593 g/mol. The second-order valence-electron chi connectivity index (χ2n) is 11.5. The Kier molecular flexibility index (Phi) is 8.34. The fourth-order valence-electron chi connectivity index (χ4n) is 5.10. The third-order valence-corrected chi connectivity index (χ3v) is 8.68. The van der Waals surface area contributed by atoms with Gasteiger partial charge in [0, 0.05) is 48.0 Å². The molecular weight excluding hydrogens is 558 g/mol. The minimum atomic E-state index is -0.925. The fourth-order valence-corrected chi connectivity index (χ4v) is 6.32. The average molecular weight is 594 g/mol. The van der Waals surface area contributed by atoms with Gasteiger partial charge < -0.3 is 19.3 Å². The Bertz CT molecular complexity index is 1570. The number of ether oxygens (including phenoxy) is 2. The summed E-state index contributed by atoms with van der Waals surface area (Å²) in [5, 5.41) is 1.41. The number of nitrogens with zero attached hydrogens (tertiary/aromatic N) is 5. The van der Waals surface area contributed by atoms with Crippen LogP contribution < -0.4 is 4.90 Å². The molecule has 10 heteroatoms. The molecular formula is C31H36ClN5O3S. The lowest BCUT2D eigenvalue weighted by atomic mass is 9.91. The molecule has 0 amide bonds. The second kappa shape index (κ2) is 11.6. The van der Waals surface area contributed by atoms with Gasteiger partial charge in [-0.05, 0) is 77.1 Å². The number of hydrogen-bond donors (Lipinski definition) is 0. The van der Waals surface area contributed by atoms with Gasteiger partial charge in [0.05, 0.1) is 22.9 Å². The molecule has 1 unspecified atom stereocenters. The van der Waals surface area contributed by atoms with Gasteiger partial charge in [0.1, 0.15) is 10.7 Å². The number of methoxy groups -OCH3 is 1. The number of aryl methyl sites for hydroxylation is 1. The summed E-state index contributed by atoms with van der Waals surface area (Å²) in [6.45, 7) is 12.7. The molecule has 3 heterocycles. The molecule has 2 aromatic heterocycles. The van der Waals surface area contributed by atoms with Crippen molar-refractivity contribution in [3.8, 4) is 21.8 Å². The van der Waals surface area contributed by atoms with E-state index in [1.54, 1.807) is 17.5 Å². The van der Waals surface area contributed by atoms with Crippen LogP contribution in [0.25, 0.3) is 32.0 Å². The SMILES string of the molecule is COC(=O)C(OC(C)(C)C)c1c(C)cc2nc(-c3ccnc(N4CCN(C)[C@@H](C)C4)n3)sc2c1-c1ccc(Cl)cc1. The first-order valence-electron chi connectivity index (χ1n) is 13.7. The number of thiazole rings is 1. The van der Waals surface area contributed by atoms with Crippen molar-refractivity contribution in [2.75, 3.05) is 38.7 Å². The van der Waals surface area contributed by atoms with Crippen molar-refractivity contribution < 1.29 is 14.3 Å². The van der Waals surface area contributed by atoms with Crippen LogP contribution in [0.5, 0.6) is 0 Å². The molecule has 1 saturated heterocycles. The van der Waals surface area contributed by atoms with Crippen LogP contribution in [0.2, 0.25) is 5.02 Å². The number of hydrogen-bond acceptors (Lipinski definition) is 9. The van der Waals surface area contributed by atoms with Crippen molar-refractivity contribution in [3.05, 3.63) is 58.7 Å². The molecule has 0 bridgehead atoms. The molecule has 8 nitrogen and oxygen atoms in total. The van der Waals surface area contributed by atoms with Crippen molar-refractivity contribution in [1.29, 1.82) is 0 Å². The predicted octanol–water partition coefficient (Wildman–Crippen LogP) is 6.55. The number of rotatable bonds is 6. The standard InChI is InChI=1S/C31H36ClN5O3S/c1-18-16-23-27(41-28(34-23)22-12-13-33-30(35-22)37-15-14-36(6)19(2)17-37)25(20-8-10-21(32)11-9-20)24(18)26(29(38)39-7)40-31(3,4)5/h8-13,16,19,26H,14-15,17H2,1-7H3/t19-,26?/m0/s1. The summed E-state index contributed by atoms with van der Waals surface area (Å²) in [5.74, 6) is 0.255. The summed E-state index contributed by atoms with van der Waals surface area (Å²) in [6.07, 6.45) is 0.874. The van der Waals surface area contributed by atoms with Crippen LogP contribution in [0.1, 0.15) is 44.9 Å². The van der Waals surface area contributed by atoms with Crippen LogP contribution in [0, 0.1) is 6.92 Å². The van der Waals surface area contributed by atoms with E-state index in [-0.39, 0.29) is 0 Å². The maximum Gasteiger partial charge on any atom is 0.339 e. The second-order valence-corrected chi connectivity index (χ2v) is 12.9. The quantitative estimate of drug-likeness (QED) is 0.233. The van der Waals surface area contributed by atoms with Crippen molar-refractivity contribution in [2.45, 2.75) is 52.4 Å². The van der Waals surface area contributed by atoms with E-state index in [9.17, 15) is 4.79 Å². The van der Waals surface area contributed by atoms with Gasteiger partial charge in [-0.15, -0.1) is 11.3 Å². The molecule has 0 N–H and O–H groups in total. The van der Waals surface area contributed by atoms with Crippen LogP contribution in [-0.4, -0.2) is 71.3 Å². The molecule has 0 aliphatic carbocycles. The van der Waals surface area contributed by atoms with E-state index in [0.29, 0.717) is 17.0 Å². The highest BCUT2D eigenvalue weighted by Crippen LogP contribution is 2.44. The molecule has 2 atom stereocenters. The van der Waals surface area contributed by atoms with E-state index >= 15 is 0 Å². The van der Waals surface area contributed by atoms with Crippen LogP contribution in [0.15, 0.2) is 42.6 Å². The number of fused-ring (bicyclic) bond motifs is 1. The molecule has 216 valence electrons. The fraction of sp³-hybridized carbons (Fsp3) is 0.419. The van der Waals surface area contributed by atoms with E-state index in [1.807, 2.05) is 64.1 Å². The van der Waals surface area contributed by atoms with Gasteiger partial charge in [-0.3, -0.25) is 0 Å². The number of anilines is 1. The lowest BCUT2D eigenvalue weighted by Gasteiger charge is -2.37. The Hall–Kier alpha value is -3.11. The van der Waals surface area contributed by atoms with Gasteiger partial charge in [0.25, 0.3) is 0 Å². The highest BCUT2D eigenvalue weighted by molar-refractivity contribution is 7.22. The highest BCUT2D eigenvalue weighted by atomic mass is 35.5. The molecule has 0 spiro atoms. The van der Waals surface area contributed by atoms with Crippen LogP contribution in [0.4, 0.5) is 5.95 Å². The van der Waals surface area contributed by atoms with Gasteiger partial charge >= 0.3 is 5.97 Å². The van der Waals surface area contributed by atoms with Crippen LogP contribution in [0.3, 0.4) is 0 Å². The van der Waals surface area contributed by atoms with E-state index in [2.05, 4.69) is 28.8 Å². The number of esters is 1. The molecule has 4 aromatic rings. The normalized spacial score (nSPS) is 17.2. The third-order valence-electron chi connectivity index (χ3n) is 7.31. The summed E-state index contributed by atoms with van der Waals surface area (Å²) in [6, 6.07) is 11.9. The summed E-state index contributed by atoms with van der Waals surface area (Å²) in [7, 11) is 3.53. The Morgan fingerprint density at radius 3 is 2.54 bits per heavy atom. The third kappa shape index (κ3) is 6.23. The zero-order chi connectivity index (χ0) is 29.5. The van der Waals surface area contributed by atoms with Gasteiger partial charge in [0.2, 0.25) is 5.95 Å². The summed E-state index contributed by atoms with van der Waals surface area (Å²) < 4.78 is 12.5. The van der Waals surface area contributed by atoms with E-state index < -0.39 is 17.7 Å². The summed E-state index contributed by atoms with van der Waals surface area (Å²) >= 11 is 7.80. The number of aromatic nitrogens is 3. The van der Waals surface area contributed by atoms with Crippen molar-refractivity contribution in [3.63, 3.8) is 0 Å². The maximum absolute atomic E-state index is 13.2. The van der Waals surface area contributed by atoms with Crippen molar-refractivity contribution in [2.24, 2.45) is 0 Å². The van der Waals surface area contributed by atoms with Gasteiger partial charge in [-0.1, -0.05) is 23.7 Å². The predicted molar refractivity (Wildman–Crippen MR) is 166 cm³/mol. The first-order valence-corrected chi connectivity index (χ1v) is 14.9. The zero-order valence-corrected chi connectivity index (χ0v) is 26.1. The number of carbonyl (C=O) groups is 1. The summed E-state index contributed by atoms with van der Waals surface area (Å²) in [4.78, 5) is 32.3. The molecule has 0 radical (unpaired) electrons. The van der Waals surface area contributed by atoms with Gasteiger partial charge in [-0.2, -0.15) is 0 Å². The molecule has 0 saturated carbocycles. The lowest BCUT2D eigenvalue weighted by molar-refractivity contribution is -0.164. The van der Waals surface area contributed by atoms with Crippen molar-refractivity contribution in [1.82, 2.24) is 19.9 Å². The maximum atomic E-state index is 13.2. The minimum absolute atomic E-state index is 0.417. The first-order chi connectivity index (χ1) is 19.4. The molecule has 41 heavy (non-hydrogen) atoms. The van der Waals surface area contributed by atoms with Crippen LogP contribution in [-0.2, 0) is 14.3 Å². The van der Waals surface area contributed by atoms with Gasteiger partial charge in [-0.25, -0.2) is 19.7 Å². The van der Waals surface area contributed by atoms with E-state index in [0.717, 1.165) is 62.8 Å². The van der Waals surface area contributed by atoms with Gasteiger partial charge in [0.15, 0.2) is 6.10 Å².